The average molecular weight is 232 g/mol. The molecule has 1 heterocycles. The molecule has 0 bridgehead atoms. The van der Waals surface area contributed by atoms with Crippen LogP contribution in [-0.4, -0.2) is 19.0 Å². The predicted octanol–water partition coefficient (Wildman–Crippen LogP) is 2.84. The third kappa shape index (κ3) is 3.16. The molecule has 92 valence electrons. The molecular weight excluding hydrogens is 212 g/mol. The number of hydrogen-bond acceptors (Lipinski definition) is 2. The minimum absolute atomic E-state index is 0.345. The van der Waals surface area contributed by atoms with E-state index in [1.165, 1.54) is 16.7 Å². The molecule has 2 rings (SSSR count). The molecule has 1 aromatic rings. The first-order chi connectivity index (χ1) is 8.16. The van der Waals surface area contributed by atoms with Crippen molar-refractivity contribution in [1.29, 1.82) is 0 Å². The number of carbonyl (C=O) groups is 1. The molecule has 2 nitrogen and oxygen atoms in total. The number of benzene rings is 1. The summed E-state index contributed by atoms with van der Waals surface area (Å²) < 4.78 is 5.30. The first kappa shape index (κ1) is 12.3. The van der Waals surface area contributed by atoms with Crippen LogP contribution in [0.4, 0.5) is 0 Å². The average Bonchev–Trinajstić information content (AvgIpc) is 2.76. The van der Waals surface area contributed by atoms with Crippen molar-refractivity contribution in [3.63, 3.8) is 0 Å². The summed E-state index contributed by atoms with van der Waals surface area (Å²) in [6, 6.07) is 6.20. The van der Waals surface area contributed by atoms with Gasteiger partial charge in [0.25, 0.3) is 0 Å². The Morgan fingerprint density at radius 1 is 1.35 bits per heavy atom. The molecule has 1 saturated heterocycles. The van der Waals surface area contributed by atoms with Gasteiger partial charge in [-0.2, -0.15) is 0 Å². The van der Waals surface area contributed by atoms with E-state index in [1.54, 1.807) is 0 Å². The largest absolute Gasteiger partial charge is 0.381 e. The molecule has 1 aliphatic heterocycles. The van der Waals surface area contributed by atoms with Gasteiger partial charge in [-0.3, -0.25) is 4.79 Å². The van der Waals surface area contributed by atoms with E-state index in [0.717, 1.165) is 19.6 Å². The monoisotopic (exact) mass is 232 g/mol. The maximum absolute atomic E-state index is 12.0. The Balaban J connectivity index is 1.97. The van der Waals surface area contributed by atoms with Crippen molar-refractivity contribution in [3.8, 4) is 0 Å². The Hall–Kier alpha value is -1.15. The molecule has 1 aromatic carbocycles. The lowest BCUT2D eigenvalue weighted by atomic mass is 9.93. The number of hydrogen-bond donors (Lipinski definition) is 0. The van der Waals surface area contributed by atoms with Gasteiger partial charge in [0.15, 0.2) is 0 Å². The third-order valence-electron chi connectivity index (χ3n) is 3.56. The van der Waals surface area contributed by atoms with Crippen molar-refractivity contribution in [2.45, 2.75) is 33.1 Å². The Morgan fingerprint density at radius 2 is 2.06 bits per heavy atom. The lowest BCUT2D eigenvalue weighted by Gasteiger charge is -2.10. The minimum atomic E-state index is 0.345. The number of carbonyl (C=O) groups excluding carboxylic acids is 1. The number of rotatable bonds is 4. The van der Waals surface area contributed by atoms with Crippen LogP contribution < -0.4 is 0 Å². The quantitative estimate of drug-likeness (QED) is 0.798. The van der Waals surface area contributed by atoms with Crippen LogP contribution >= 0.6 is 0 Å². The maximum atomic E-state index is 12.0. The summed E-state index contributed by atoms with van der Waals surface area (Å²) in [5.74, 6) is 0.796. The van der Waals surface area contributed by atoms with Crippen LogP contribution in [-0.2, 0) is 16.0 Å². The summed E-state index contributed by atoms with van der Waals surface area (Å²) in [5, 5.41) is 0. The van der Waals surface area contributed by atoms with Gasteiger partial charge in [0.05, 0.1) is 0 Å². The van der Waals surface area contributed by atoms with E-state index in [9.17, 15) is 4.79 Å². The number of ketones is 1. The maximum Gasteiger partial charge on any atom is 0.137 e. The van der Waals surface area contributed by atoms with Gasteiger partial charge in [-0.25, -0.2) is 0 Å². The zero-order chi connectivity index (χ0) is 12.3. The number of ether oxygens (including phenoxy) is 1. The summed E-state index contributed by atoms with van der Waals surface area (Å²) in [5.41, 5.74) is 3.65. The molecule has 1 aliphatic rings. The molecular formula is C15H20O2. The van der Waals surface area contributed by atoms with Crippen molar-refractivity contribution in [2.75, 3.05) is 13.2 Å². The van der Waals surface area contributed by atoms with E-state index in [2.05, 4.69) is 26.0 Å². The second-order valence-corrected chi connectivity index (χ2v) is 5.02. The first-order valence-corrected chi connectivity index (χ1v) is 6.31. The summed E-state index contributed by atoms with van der Waals surface area (Å²) in [6.07, 6.45) is 2.29. The molecule has 0 amide bonds. The minimum Gasteiger partial charge on any atom is -0.381 e. The molecule has 0 N–H and O–H groups in total. The molecule has 0 saturated carbocycles. The second-order valence-electron chi connectivity index (χ2n) is 5.02. The highest BCUT2D eigenvalue weighted by atomic mass is 16.5. The lowest BCUT2D eigenvalue weighted by Crippen LogP contribution is -2.12. The van der Waals surface area contributed by atoms with Crippen LogP contribution in [0.25, 0.3) is 0 Å². The normalized spacial score (nSPS) is 19.5. The van der Waals surface area contributed by atoms with Crippen molar-refractivity contribution in [2.24, 2.45) is 5.92 Å². The fourth-order valence-electron chi connectivity index (χ4n) is 2.46. The van der Waals surface area contributed by atoms with E-state index in [4.69, 9.17) is 4.74 Å². The Morgan fingerprint density at radius 3 is 2.65 bits per heavy atom. The third-order valence-corrected chi connectivity index (χ3v) is 3.56. The van der Waals surface area contributed by atoms with E-state index in [0.29, 0.717) is 24.5 Å². The molecule has 0 aromatic heterocycles. The molecule has 1 atom stereocenters. The van der Waals surface area contributed by atoms with Crippen molar-refractivity contribution in [3.05, 3.63) is 34.9 Å². The SMILES string of the molecule is Cc1cccc(C)c1CC(=O)CC1CCOC1. The van der Waals surface area contributed by atoms with Gasteiger partial charge in [0.1, 0.15) is 5.78 Å². The topological polar surface area (TPSA) is 26.3 Å². The molecule has 17 heavy (non-hydrogen) atoms. The van der Waals surface area contributed by atoms with Crippen LogP contribution in [0.1, 0.15) is 29.5 Å². The fraction of sp³-hybridized carbons (Fsp3) is 0.533. The van der Waals surface area contributed by atoms with Gasteiger partial charge in [0, 0.05) is 26.1 Å². The second kappa shape index (κ2) is 5.46. The highest BCUT2D eigenvalue weighted by Crippen LogP contribution is 2.20. The van der Waals surface area contributed by atoms with Crippen molar-refractivity contribution in [1.82, 2.24) is 0 Å². The standard InChI is InChI=1S/C15H20O2/c1-11-4-3-5-12(2)15(11)9-14(16)8-13-6-7-17-10-13/h3-5,13H,6-10H2,1-2H3. The molecule has 1 unspecified atom stereocenters. The van der Waals surface area contributed by atoms with Gasteiger partial charge >= 0.3 is 0 Å². The van der Waals surface area contributed by atoms with E-state index in [-0.39, 0.29) is 0 Å². The summed E-state index contributed by atoms with van der Waals surface area (Å²) in [7, 11) is 0. The Bertz CT molecular complexity index is 383. The Kier molecular flexibility index (Phi) is 3.95. The van der Waals surface area contributed by atoms with Crippen molar-refractivity contribution < 1.29 is 9.53 Å². The summed E-state index contributed by atoms with van der Waals surface area (Å²) in [6.45, 7) is 5.74. The summed E-state index contributed by atoms with van der Waals surface area (Å²) in [4.78, 5) is 12.0. The molecule has 2 heteroatoms. The van der Waals surface area contributed by atoms with Gasteiger partial charge < -0.3 is 4.74 Å². The molecule has 0 radical (unpaired) electrons. The van der Waals surface area contributed by atoms with Gasteiger partial charge in [0.2, 0.25) is 0 Å². The molecule has 1 fully saturated rings. The van der Waals surface area contributed by atoms with Gasteiger partial charge in [-0.05, 0) is 42.9 Å². The van der Waals surface area contributed by atoms with Gasteiger partial charge in [-0.15, -0.1) is 0 Å². The van der Waals surface area contributed by atoms with Crippen LogP contribution in [0.15, 0.2) is 18.2 Å². The fourth-order valence-corrected chi connectivity index (χ4v) is 2.46. The van der Waals surface area contributed by atoms with Crippen LogP contribution in [0.2, 0.25) is 0 Å². The number of Topliss-reactive ketones (excluding diaryl/α,β-unsaturated/α-hetero) is 1. The Labute approximate surface area is 103 Å². The zero-order valence-electron chi connectivity index (χ0n) is 10.7. The predicted molar refractivity (Wildman–Crippen MR) is 68.2 cm³/mol. The highest BCUT2D eigenvalue weighted by molar-refractivity contribution is 5.81. The number of aryl methyl sites for hydroxylation is 2. The summed E-state index contributed by atoms with van der Waals surface area (Å²) >= 11 is 0. The van der Waals surface area contributed by atoms with Gasteiger partial charge in [-0.1, -0.05) is 18.2 Å². The lowest BCUT2D eigenvalue weighted by molar-refractivity contribution is -0.119. The highest BCUT2D eigenvalue weighted by Gasteiger charge is 2.19. The first-order valence-electron chi connectivity index (χ1n) is 6.31. The van der Waals surface area contributed by atoms with Crippen LogP contribution in [0.5, 0.6) is 0 Å². The zero-order valence-corrected chi connectivity index (χ0v) is 10.7. The van der Waals surface area contributed by atoms with Crippen LogP contribution in [0.3, 0.4) is 0 Å². The van der Waals surface area contributed by atoms with Crippen LogP contribution in [0, 0.1) is 19.8 Å². The molecule has 0 spiro atoms. The smallest absolute Gasteiger partial charge is 0.137 e. The van der Waals surface area contributed by atoms with E-state index >= 15 is 0 Å². The molecule has 0 aliphatic carbocycles. The van der Waals surface area contributed by atoms with E-state index in [1.807, 2.05) is 6.07 Å². The van der Waals surface area contributed by atoms with E-state index < -0.39 is 0 Å². The van der Waals surface area contributed by atoms with Crippen molar-refractivity contribution >= 4 is 5.78 Å².